The van der Waals surface area contributed by atoms with Gasteiger partial charge in [-0.1, -0.05) is 18.2 Å². The van der Waals surface area contributed by atoms with E-state index in [-0.39, 0.29) is 29.5 Å². The fourth-order valence-electron chi connectivity index (χ4n) is 3.41. The number of carbonyl (C=O) groups excluding carboxylic acids is 1. The second-order valence-electron chi connectivity index (χ2n) is 6.96. The SMILES string of the molecule is COc1ccc(C=CC(=O)c2c(OC)cc(CO)c(CN3CCOCC3)c2O)cc1. The van der Waals surface area contributed by atoms with Crippen molar-refractivity contribution in [3.05, 3.63) is 58.7 Å². The molecule has 0 radical (unpaired) electrons. The molecule has 0 aromatic heterocycles. The molecule has 1 fully saturated rings. The van der Waals surface area contributed by atoms with Gasteiger partial charge in [-0.05, 0) is 35.4 Å². The van der Waals surface area contributed by atoms with E-state index in [1.807, 2.05) is 12.1 Å². The number of aliphatic hydroxyl groups excluding tert-OH is 1. The summed E-state index contributed by atoms with van der Waals surface area (Å²) in [6, 6.07) is 8.89. The fourth-order valence-corrected chi connectivity index (χ4v) is 3.41. The van der Waals surface area contributed by atoms with Crippen molar-refractivity contribution in [2.45, 2.75) is 13.2 Å². The highest BCUT2D eigenvalue weighted by Gasteiger charge is 2.24. The first kappa shape index (κ1) is 21.8. The molecule has 1 aliphatic rings. The summed E-state index contributed by atoms with van der Waals surface area (Å²) in [5.74, 6) is 0.416. The lowest BCUT2D eigenvalue weighted by atomic mass is 9.97. The van der Waals surface area contributed by atoms with Crippen LogP contribution in [0, 0.1) is 0 Å². The van der Waals surface area contributed by atoms with Crippen LogP contribution >= 0.6 is 0 Å². The average Bonchev–Trinajstić information content (AvgIpc) is 2.79. The number of aromatic hydroxyl groups is 1. The van der Waals surface area contributed by atoms with Gasteiger partial charge in [0.1, 0.15) is 22.8 Å². The number of rotatable bonds is 8. The Morgan fingerprint density at radius 1 is 1.17 bits per heavy atom. The van der Waals surface area contributed by atoms with E-state index < -0.39 is 0 Å². The zero-order chi connectivity index (χ0) is 21.5. The third-order valence-corrected chi connectivity index (χ3v) is 5.13. The number of carbonyl (C=O) groups is 1. The fraction of sp³-hybridized carbons (Fsp3) is 0.348. The van der Waals surface area contributed by atoms with Crippen LogP contribution in [0.25, 0.3) is 6.08 Å². The molecule has 0 saturated carbocycles. The zero-order valence-corrected chi connectivity index (χ0v) is 17.3. The van der Waals surface area contributed by atoms with Crippen LogP contribution < -0.4 is 9.47 Å². The van der Waals surface area contributed by atoms with Crippen LogP contribution in [0.2, 0.25) is 0 Å². The van der Waals surface area contributed by atoms with Crippen molar-refractivity contribution in [1.29, 1.82) is 0 Å². The number of ether oxygens (including phenoxy) is 3. The molecule has 7 nitrogen and oxygen atoms in total. The Kier molecular flexibility index (Phi) is 7.46. The van der Waals surface area contributed by atoms with Gasteiger partial charge in [-0.25, -0.2) is 0 Å². The lowest BCUT2D eigenvalue weighted by Gasteiger charge is -2.28. The summed E-state index contributed by atoms with van der Waals surface area (Å²) >= 11 is 0. The molecule has 0 amide bonds. The summed E-state index contributed by atoms with van der Waals surface area (Å²) in [6.07, 6.45) is 3.07. The third-order valence-electron chi connectivity index (χ3n) is 5.13. The van der Waals surface area contributed by atoms with Crippen molar-refractivity contribution in [2.75, 3.05) is 40.5 Å². The van der Waals surface area contributed by atoms with Crippen LogP contribution in [-0.2, 0) is 17.9 Å². The number of hydrogen-bond donors (Lipinski definition) is 2. The highest BCUT2D eigenvalue weighted by Crippen LogP contribution is 2.36. The van der Waals surface area contributed by atoms with Gasteiger partial charge in [0.05, 0.1) is 34.0 Å². The molecule has 2 N–H and O–H groups in total. The number of allylic oxidation sites excluding steroid dienone is 1. The molecule has 2 aromatic rings. The van der Waals surface area contributed by atoms with Crippen molar-refractivity contribution in [3.63, 3.8) is 0 Å². The average molecular weight is 413 g/mol. The van der Waals surface area contributed by atoms with Crippen molar-refractivity contribution in [1.82, 2.24) is 4.90 Å². The molecule has 160 valence electrons. The first-order valence-electron chi connectivity index (χ1n) is 9.76. The van der Waals surface area contributed by atoms with Crippen LogP contribution in [0.3, 0.4) is 0 Å². The Labute approximate surface area is 176 Å². The maximum atomic E-state index is 12.9. The molecule has 7 heteroatoms. The molecule has 0 bridgehead atoms. The number of hydrogen-bond acceptors (Lipinski definition) is 7. The molecular weight excluding hydrogens is 386 g/mol. The summed E-state index contributed by atoms with van der Waals surface area (Å²) in [4.78, 5) is 15.1. The number of phenols is 1. The van der Waals surface area contributed by atoms with Crippen LogP contribution in [0.1, 0.15) is 27.0 Å². The van der Waals surface area contributed by atoms with Crippen LogP contribution in [-0.4, -0.2) is 61.4 Å². The summed E-state index contributed by atoms with van der Waals surface area (Å²) < 4.78 is 15.8. The highest BCUT2D eigenvalue weighted by atomic mass is 16.5. The maximum absolute atomic E-state index is 12.9. The Balaban J connectivity index is 1.91. The van der Waals surface area contributed by atoms with E-state index >= 15 is 0 Å². The van der Waals surface area contributed by atoms with Crippen molar-refractivity contribution >= 4 is 11.9 Å². The van der Waals surface area contributed by atoms with Gasteiger partial charge < -0.3 is 24.4 Å². The summed E-state index contributed by atoms with van der Waals surface area (Å²) in [6.45, 7) is 2.81. The molecule has 0 unspecified atom stereocenters. The van der Waals surface area contributed by atoms with E-state index in [0.717, 1.165) is 24.4 Å². The number of aliphatic hydroxyl groups is 1. The molecule has 1 aliphatic heterocycles. The predicted molar refractivity (Wildman–Crippen MR) is 113 cm³/mol. The number of phenolic OH excluding ortho intramolecular Hbond substituents is 1. The Bertz CT molecular complexity index is 901. The minimum absolute atomic E-state index is 0.0859. The lowest BCUT2D eigenvalue weighted by Crippen LogP contribution is -2.36. The molecule has 0 spiro atoms. The van der Waals surface area contributed by atoms with Crippen molar-refractivity contribution < 1.29 is 29.2 Å². The molecule has 30 heavy (non-hydrogen) atoms. The summed E-state index contributed by atoms with van der Waals surface area (Å²) in [5, 5.41) is 20.8. The topological polar surface area (TPSA) is 88.5 Å². The Morgan fingerprint density at radius 3 is 2.47 bits per heavy atom. The quantitative estimate of drug-likeness (QED) is 0.508. The van der Waals surface area contributed by atoms with Gasteiger partial charge >= 0.3 is 0 Å². The second-order valence-corrected chi connectivity index (χ2v) is 6.96. The number of methoxy groups -OCH3 is 2. The van der Waals surface area contributed by atoms with Crippen LogP contribution in [0.4, 0.5) is 0 Å². The molecule has 1 saturated heterocycles. The standard InChI is InChI=1S/C23H27NO6/c1-28-18-6-3-16(4-7-18)5-8-20(26)22-21(29-2)13-17(15-25)19(23(22)27)14-24-9-11-30-12-10-24/h3-8,13,25,27H,9-12,14-15H2,1-2H3. The molecule has 2 aromatic carbocycles. The van der Waals surface area contributed by atoms with Gasteiger partial charge in [0.2, 0.25) is 0 Å². The van der Waals surface area contributed by atoms with Crippen LogP contribution in [0.5, 0.6) is 17.2 Å². The predicted octanol–water partition coefficient (Wildman–Crippen LogP) is 2.63. The first-order valence-corrected chi connectivity index (χ1v) is 9.76. The zero-order valence-electron chi connectivity index (χ0n) is 17.3. The van der Waals surface area contributed by atoms with E-state index in [2.05, 4.69) is 4.90 Å². The monoisotopic (exact) mass is 413 g/mol. The first-order chi connectivity index (χ1) is 14.6. The highest BCUT2D eigenvalue weighted by molar-refractivity contribution is 6.10. The molecule has 3 rings (SSSR count). The Hall–Kier alpha value is -2.87. The second kappa shape index (κ2) is 10.2. The van der Waals surface area contributed by atoms with E-state index in [4.69, 9.17) is 14.2 Å². The van der Waals surface area contributed by atoms with E-state index in [1.54, 1.807) is 31.4 Å². The van der Waals surface area contributed by atoms with Crippen molar-refractivity contribution in [3.8, 4) is 17.2 Å². The minimum atomic E-state index is -0.382. The number of morpholine rings is 1. The van der Waals surface area contributed by atoms with Gasteiger partial charge in [0.25, 0.3) is 0 Å². The number of ketones is 1. The van der Waals surface area contributed by atoms with Crippen LogP contribution in [0.15, 0.2) is 36.4 Å². The number of benzene rings is 2. The van der Waals surface area contributed by atoms with E-state index in [1.165, 1.54) is 13.2 Å². The van der Waals surface area contributed by atoms with Gasteiger partial charge in [0.15, 0.2) is 5.78 Å². The third kappa shape index (κ3) is 4.99. The molecule has 0 atom stereocenters. The van der Waals surface area contributed by atoms with Crippen molar-refractivity contribution in [2.24, 2.45) is 0 Å². The van der Waals surface area contributed by atoms with Gasteiger partial charge in [-0.3, -0.25) is 9.69 Å². The number of nitrogens with zero attached hydrogens (tertiary/aromatic N) is 1. The van der Waals surface area contributed by atoms with Gasteiger partial charge in [0, 0.05) is 25.2 Å². The minimum Gasteiger partial charge on any atom is -0.507 e. The molecule has 0 aliphatic carbocycles. The summed E-state index contributed by atoms with van der Waals surface area (Å²) in [5.41, 5.74) is 1.97. The lowest BCUT2D eigenvalue weighted by molar-refractivity contribution is 0.0336. The largest absolute Gasteiger partial charge is 0.507 e. The normalized spacial score (nSPS) is 14.8. The molecule has 1 heterocycles. The molecular formula is C23H27NO6. The summed E-state index contributed by atoms with van der Waals surface area (Å²) in [7, 11) is 3.02. The maximum Gasteiger partial charge on any atom is 0.193 e. The smallest absolute Gasteiger partial charge is 0.193 e. The van der Waals surface area contributed by atoms with Gasteiger partial charge in [-0.15, -0.1) is 0 Å². The van der Waals surface area contributed by atoms with Gasteiger partial charge in [-0.2, -0.15) is 0 Å². The Morgan fingerprint density at radius 2 is 1.87 bits per heavy atom. The van der Waals surface area contributed by atoms with E-state index in [9.17, 15) is 15.0 Å². The van der Waals surface area contributed by atoms with E-state index in [0.29, 0.717) is 30.9 Å².